The number of fused-ring (bicyclic) bond motifs is 1. The zero-order valence-electron chi connectivity index (χ0n) is 17.4. The predicted octanol–water partition coefficient (Wildman–Crippen LogP) is 4.21. The van der Waals surface area contributed by atoms with Gasteiger partial charge >= 0.3 is 5.63 Å². The van der Waals surface area contributed by atoms with E-state index in [1.165, 1.54) is 18.4 Å². The molecule has 1 fully saturated rings. The van der Waals surface area contributed by atoms with Crippen molar-refractivity contribution in [1.82, 2.24) is 4.90 Å². The monoisotopic (exact) mass is 406 g/mol. The molecule has 0 radical (unpaired) electrons. The van der Waals surface area contributed by atoms with Crippen molar-refractivity contribution in [2.75, 3.05) is 25.5 Å². The van der Waals surface area contributed by atoms with Crippen LogP contribution in [-0.2, 0) is 13.0 Å². The number of hydrogen-bond donors (Lipinski definition) is 1. The fourth-order valence-corrected chi connectivity index (χ4v) is 4.00. The average molecular weight is 406 g/mol. The van der Waals surface area contributed by atoms with Crippen molar-refractivity contribution in [2.45, 2.75) is 32.7 Å². The topological polar surface area (TPSA) is 71.8 Å². The van der Waals surface area contributed by atoms with Crippen molar-refractivity contribution < 1.29 is 13.9 Å². The van der Waals surface area contributed by atoms with Crippen LogP contribution in [0.15, 0.2) is 51.7 Å². The lowest BCUT2D eigenvalue weighted by Gasteiger charge is -2.14. The van der Waals surface area contributed by atoms with Crippen molar-refractivity contribution in [1.29, 1.82) is 0 Å². The molecule has 1 amide bonds. The van der Waals surface area contributed by atoms with Gasteiger partial charge in [-0.15, -0.1) is 0 Å². The molecule has 6 nitrogen and oxygen atoms in total. The summed E-state index contributed by atoms with van der Waals surface area (Å²) in [5.41, 5.74) is 2.46. The SMILES string of the molecule is CCc1c(OC)ccc2cc(C(=O)Nc3ccc(CN4CCCC4)cc3)c(=O)oc12. The molecule has 2 aromatic carbocycles. The van der Waals surface area contributed by atoms with Gasteiger partial charge in [-0.2, -0.15) is 0 Å². The highest BCUT2D eigenvalue weighted by atomic mass is 16.5. The summed E-state index contributed by atoms with van der Waals surface area (Å²) < 4.78 is 10.9. The Hall–Kier alpha value is -3.12. The Morgan fingerprint density at radius 2 is 1.87 bits per heavy atom. The zero-order valence-corrected chi connectivity index (χ0v) is 17.4. The molecule has 1 saturated heterocycles. The first-order valence-corrected chi connectivity index (χ1v) is 10.4. The quantitative estimate of drug-likeness (QED) is 0.621. The van der Waals surface area contributed by atoms with Gasteiger partial charge in [-0.1, -0.05) is 19.1 Å². The number of anilines is 1. The molecule has 0 bridgehead atoms. The number of amides is 1. The van der Waals surface area contributed by atoms with Crippen LogP contribution in [0.4, 0.5) is 5.69 Å². The lowest BCUT2D eigenvalue weighted by atomic mass is 10.1. The summed E-state index contributed by atoms with van der Waals surface area (Å²) in [6.45, 7) is 5.17. The molecule has 1 N–H and O–H groups in total. The molecule has 0 atom stereocenters. The van der Waals surface area contributed by atoms with Crippen LogP contribution in [0.1, 0.15) is 41.3 Å². The smallest absolute Gasteiger partial charge is 0.349 e. The Kier molecular flexibility index (Phi) is 5.86. The van der Waals surface area contributed by atoms with E-state index >= 15 is 0 Å². The molecule has 1 aromatic heterocycles. The Labute approximate surface area is 175 Å². The molecule has 2 heterocycles. The Morgan fingerprint density at radius 1 is 1.13 bits per heavy atom. The first-order chi connectivity index (χ1) is 14.6. The number of hydrogen-bond acceptors (Lipinski definition) is 5. The highest BCUT2D eigenvalue weighted by Crippen LogP contribution is 2.28. The second kappa shape index (κ2) is 8.71. The van der Waals surface area contributed by atoms with Gasteiger partial charge in [-0.3, -0.25) is 9.69 Å². The number of carbonyl (C=O) groups excluding carboxylic acids is 1. The second-order valence-electron chi connectivity index (χ2n) is 7.60. The molecule has 0 spiro atoms. The third-order valence-electron chi connectivity index (χ3n) is 5.60. The first kappa shape index (κ1) is 20.2. The van der Waals surface area contributed by atoms with Crippen molar-refractivity contribution in [3.63, 3.8) is 0 Å². The van der Waals surface area contributed by atoms with Gasteiger partial charge in [0.1, 0.15) is 16.9 Å². The number of methoxy groups -OCH3 is 1. The van der Waals surface area contributed by atoms with Gasteiger partial charge in [0, 0.05) is 23.2 Å². The second-order valence-corrected chi connectivity index (χ2v) is 7.60. The van der Waals surface area contributed by atoms with Gasteiger partial charge in [-0.05, 0) is 68.2 Å². The summed E-state index contributed by atoms with van der Waals surface area (Å²) in [5, 5.41) is 3.49. The van der Waals surface area contributed by atoms with E-state index < -0.39 is 11.5 Å². The summed E-state index contributed by atoms with van der Waals surface area (Å²) >= 11 is 0. The molecule has 0 unspecified atom stereocenters. The standard InChI is InChI=1S/C24H26N2O4/c1-3-19-21(29-2)11-8-17-14-20(24(28)30-22(17)19)23(27)25-18-9-6-16(7-10-18)15-26-12-4-5-13-26/h6-11,14H,3-5,12-13,15H2,1-2H3,(H,25,27). The maximum Gasteiger partial charge on any atom is 0.349 e. The molecule has 1 aliphatic rings. The van der Waals surface area contributed by atoms with E-state index in [9.17, 15) is 9.59 Å². The van der Waals surface area contributed by atoms with Crippen LogP contribution in [0.3, 0.4) is 0 Å². The lowest BCUT2D eigenvalue weighted by molar-refractivity contribution is 0.102. The summed E-state index contributed by atoms with van der Waals surface area (Å²) in [6, 6.07) is 12.9. The molecule has 0 aliphatic carbocycles. The van der Waals surface area contributed by atoms with Crippen LogP contribution in [-0.4, -0.2) is 31.0 Å². The minimum Gasteiger partial charge on any atom is -0.496 e. The van der Waals surface area contributed by atoms with E-state index in [0.717, 1.165) is 25.2 Å². The van der Waals surface area contributed by atoms with E-state index in [1.807, 2.05) is 37.3 Å². The van der Waals surface area contributed by atoms with Gasteiger partial charge in [0.15, 0.2) is 0 Å². The lowest BCUT2D eigenvalue weighted by Crippen LogP contribution is -2.21. The average Bonchev–Trinajstić information content (AvgIpc) is 3.26. The zero-order chi connectivity index (χ0) is 21.1. The van der Waals surface area contributed by atoms with Gasteiger partial charge in [-0.25, -0.2) is 4.79 Å². The van der Waals surface area contributed by atoms with Crippen molar-refractivity contribution >= 4 is 22.6 Å². The molecule has 0 saturated carbocycles. The Morgan fingerprint density at radius 3 is 2.53 bits per heavy atom. The third-order valence-corrected chi connectivity index (χ3v) is 5.60. The summed E-state index contributed by atoms with van der Waals surface area (Å²) in [7, 11) is 1.58. The van der Waals surface area contributed by atoms with Crippen LogP contribution in [0.2, 0.25) is 0 Å². The Bertz CT molecular complexity index is 1110. The highest BCUT2D eigenvalue weighted by molar-refractivity contribution is 6.05. The molecule has 6 heteroatoms. The molecule has 3 aromatic rings. The summed E-state index contributed by atoms with van der Waals surface area (Å²) in [5.74, 6) is 0.186. The number of nitrogens with one attached hydrogen (secondary N) is 1. The number of benzene rings is 2. The number of ether oxygens (including phenoxy) is 1. The van der Waals surface area contributed by atoms with Crippen LogP contribution >= 0.6 is 0 Å². The fraction of sp³-hybridized carbons (Fsp3) is 0.333. The molecule has 4 rings (SSSR count). The third kappa shape index (κ3) is 4.09. The van der Waals surface area contributed by atoms with Gasteiger partial charge in [0.2, 0.25) is 0 Å². The van der Waals surface area contributed by atoms with Crippen LogP contribution in [0, 0.1) is 0 Å². The molecule has 30 heavy (non-hydrogen) atoms. The number of likely N-dealkylation sites (tertiary alicyclic amines) is 1. The number of carbonyl (C=O) groups is 1. The van der Waals surface area contributed by atoms with Crippen LogP contribution in [0.5, 0.6) is 5.75 Å². The van der Waals surface area contributed by atoms with E-state index in [4.69, 9.17) is 9.15 Å². The maximum absolute atomic E-state index is 12.7. The van der Waals surface area contributed by atoms with Crippen molar-refractivity contribution in [3.8, 4) is 5.75 Å². The van der Waals surface area contributed by atoms with E-state index in [0.29, 0.717) is 28.8 Å². The van der Waals surface area contributed by atoms with Crippen LogP contribution in [0.25, 0.3) is 11.0 Å². The fourth-order valence-electron chi connectivity index (χ4n) is 4.00. The summed E-state index contributed by atoms with van der Waals surface area (Å²) in [4.78, 5) is 27.6. The molecular formula is C24H26N2O4. The maximum atomic E-state index is 12.7. The minimum atomic E-state index is -0.659. The number of nitrogens with zero attached hydrogens (tertiary/aromatic N) is 1. The Balaban J connectivity index is 1.54. The van der Waals surface area contributed by atoms with Crippen molar-refractivity contribution in [2.24, 2.45) is 0 Å². The van der Waals surface area contributed by atoms with Gasteiger partial charge < -0.3 is 14.5 Å². The normalized spacial score (nSPS) is 14.2. The van der Waals surface area contributed by atoms with Crippen LogP contribution < -0.4 is 15.7 Å². The van der Waals surface area contributed by atoms with E-state index in [2.05, 4.69) is 10.2 Å². The largest absolute Gasteiger partial charge is 0.496 e. The minimum absolute atomic E-state index is 0.0177. The number of rotatable bonds is 6. The summed E-state index contributed by atoms with van der Waals surface area (Å²) in [6.07, 6.45) is 3.17. The van der Waals surface area contributed by atoms with Gasteiger partial charge in [0.05, 0.1) is 7.11 Å². The molecule has 1 aliphatic heterocycles. The predicted molar refractivity (Wildman–Crippen MR) is 117 cm³/mol. The molecular weight excluding hydrogens is 380 g/mol. The highest BCUT2D eigenvalue weighted by Gasteiger charge is 2.17. The number of aryl methyl sites for hydroxylation is 1. The van der Waals surface area contributed by atoms with E-state index in [1.54, 1.807) is 19.2 Å². The van der Waals surface area contributed by atoms with Gasteiger partial charge in [0.25, 0.3) is 5.91 Å². The first-order valence-electron chi connectivity index (χ1n) is 10.4. The van der Waals surface area contributed by atoms with Crippen molar-refractivity contribution in [3.05, 3.63) is 69.6 Å². The van der Waals surface area contributed by atoms with E-state index in [-0.39, 0.29) is 5.56 Å². The molecule has 156 valence electrons.